The van der Waals surface area contributed by atoms with Crippen molar-refractivity contribution in [1.82, 2.24) is 5.32 Å². The van der Waals surface area contributed by atoms with Crippen LogP contribution in [0.5, 0.6) is 11.5 Å². The summed E-state index contributed by atoms with van der Waals surface area (Å²) >= 11 is 0. The first-order valence-electron chi connectivity index (χ1n) is 5.64. The number of hydrogen-bond donors (Lipinski definition) is 2. The second kappa shape index (κ2) is 6.08. The molecule has 0 radical (unpaired) electrons. The van der Waals surface area contributed by atoms with Crippen LogP contribution in [0.3, 0.4) is 0 Å². The van der Waals surface area contributed by atoms with Crippen molar-refractivity contribution in [3.63, 3.8) is 0 Å². The maximum Gasteiger partial charge on any atom is 0.257 e. The van der Waals surface area contributed by atoms with E-state index in [1.807, 2.05) is 25.5 Å². The molecule has 2 N–H and O–H groups in total. The van der Waals surface area contributed by atoms with Crippen molar-refractivity contribution in [2.75, 3.05) is 13.2 Å². The average Bonchev–Trinajstić information content (AvgIpc) is 2.31. The summed E-state index contributed by atoms with van der Waals surface area (Å²) in [5, 5.41) is 12.3. The van der Waals surface area contributed by atoms with Crippen LogP contribution in [0.4, 0.5) is 0 Å². The predicted octanol–water partition coefficient (Wildman–Crippen LogP) is 0.430. The van der Waals surface area contributed by atoms with Crippen LogP contribution in [0.1, 0.15) is 19.0 Å². The molecule has 17 heavy (non-hydrogen) atoms. The number of aromatic nitrogens is 1. The number of aromatic hydroxyl groups is 1. The van der Waals surface area contributed by atoms with E-state index in [1.54, 1.807) is 6.20 Å². The van der Waals surface area contributed by atoms with E-state index in [9.17, 15) is 9.90 Å². The Bertz CT molecular complexity index is 405. The number of carbonyl (C=O) groups is 1. The molecule has 0 aliphatic rings. The molecule has 0 spiro atoms. The standard InChI is InChI=1S/C12H18N2O3/c1-4-6-13-11(16)8-17-12-9(2)14(3)7-5-10(12)15/h5,7H,4,6,8H2,1-3H3,(H,13,16)/p+1. The first kappa shape index (κ1) is 13.3. The minimum Gasteiger partial charge on any atom is -0.504 e. The summed E-state index contributed by atoms with van der Waals surface area (Å²) < 4.78 is 7.14. The van der Waals surface area contributed by atoms with Crippen LogP contribution in [0.25, 0.3) is 0 Å². The molecule has 1 heterocycles. The van der Waals surface area contributed by atoms with E-state index in [0.29, 0.717) is 12.3 Å². The minimum atomic E-state index is -0.183. The van der Waals surface area contributed by atoms with Crippen LogP contribution in [-0.2, 0) is 11.8 Å². The van der Waals surface area contributed by atoms with E-state index in [2.05, 4.69) is 5.32 Å². The molecule has 0 unspecified atom stereocenters. The molecule has 1 aromatic rings. The van der Waals surface area contributed by atoms with Crippen molar-refractivity contribution < 1.29 is 19.2 Å². The maximum absolute atomic E-state index is 11.4. The molecule has 0 atom stereocenters. The molecule has 0 saturated heterocycles. The summed E-state index contributed by atoms with van der Waals surface area (Å²) in [6.45, 7) is 4.35. The van der Waals surface area contributed by atoms with E-state index in [-0.39, 0.29) is 18.3 Å². The molecule has 0 bridgehead atoms. The molecule has 1 rings (SSSR count). The highest BCUT2D eigenvalue weighted by Gasteiger charge is 2.16. The zero-order valence-electron chi connectivity index (χ0n) is 10.5. The summed E-state index contributed by atoms with van der Waals surface area (Å²) in [6, 6.07) is 1.53. The van der Waals surface area contributed by atoms with E-state index >= 15 is 0 Å². The number of pyridine rings is 1. The highest BCUT2D eigenvalue weighted by atomic mass is 16.5. The van der Waals surface area contributed by atoms with Gasteiger partial charge in [0.2, 0.25) is 11.4 Å². The third kappa shape index (κ3) is 3.62. The van der Waals surface area contributed by atoms with Gasteiger partial charge in [0, 0.05) is 19.5 Å². The first-order chi connectivity index (χ1) is 8.06. The van der Waals surface area contributed by atoms with Crippen LogP contribution < -0.4 is 14.6 Å². The van der Waals surface area contributed by atoms with Crippen molar-refractivity contribution in [2.45, 2.75) is 20.3 Å². The van der Waals surface area contributed by atoms with Gasteiger partial charge in [-0.15, -0.1) is 0 Å². The predicted molar refractivity (Wildman–Crippen MR) is 62.8 cm³/mol. The van der Waals surface area contributed by atoms with Gasteiger partial charge in [0.1, 0.15) is 7.05 Å². The van der Waals surface area contributed by atoms with Gasteiger partial charge in [-0.25, -0.2) is 4.57 Å². The number of nitrogens with zero attached hydrogens (tertiary/aromatic N) is 1. The lowest BCUT2D eigenvalue weighted by atomic mass is 10.3. The molecule has 0 aliphatic carbocycles. The Hall–Kier alpha value is -1.78. The number of amides is 1. The molecule has 5 nitrogen and oxygen atoms in total. The quantitative estimate of drug-likeness (QED) is 0.732. The van der Waals surface area contributed by atoms with Gasteiger partial charge in [-0.2, -0.15) is 0 Å². The zero-order valence-corrected chi connectivity index (χ0v) is 10.5. The van der Waals surface area contributed by atoms with Gasteiger partial charge in [-0.1, -0.05) is 6.92 Å². The fraction of sp³-hybridized carbons (Fsp3) is 0.500. The number of nitrogens with one attached hydrogen (secondary N) is 1. The van der Waals surface area contributed by atoms with Crippen molar-refractivity contribution >= 4 is 5.91 Å². The molecular weight excluding hydrogens is 220 g/mol. The third-order valence-corrected chi connectivity index (χ3v) is 2.47. The summed E-state index contributed by atoms with van der Waals surface area (Å²) in [5.41, 5.74) is 0.772. The van der Waals surface area contributed by atoms with E-state index < -0.39 is 0 Å². The number of rotatable bonds is 5. The third-order valence-electron chi connectivity index (χ3n) is 2.47. The second-order valence-corrected chi connectivity index (χ2v) is 3.87. The molecule has 1 aromatic heterocycles. The van der Waals surface area contributed by atoms with Crippen LogP contribution in [0.15, 0.2) is 12.3 Å². The normalized spacial score (nSPS) is 10.1. The SMILES string of the molecule is CCCNC(=O)COc1c(O)cc[n+](C)c1C. The van der Waals surface area contributed by atoms with E-state index in [0.717, 1.165) is 12.1 Å². The molecule has 94 valence electrons. The van der Waals surface area contributed by atoms with Crippen molar-refractivity contribution in [3.05, 3.63) is 18.0 Å². The summed E-state index contributed by atoms with van der Waals surface area (Å²) in [5.74, 6) is 0.211. The Morgan fingerprint density at radius 3 is 2.94 bits per heavy atom. The zero-order chi connectivity index (χ0) is 12.8. The lowest BCUT2D eigenvalue weighted by Crippen LogP contribution is -2.33. The van der Waals surface area contributed by atoms with Gasteiger partial charge in [-0.3, -0.25) is 4.79 Å². The van der Waals surface area contributed by atoms with Gasteiger partial charge < -0.3 is 15.2 Å². The van der Waals surface area contributed by atoms with Gasteiger partial charge in [0.15, 0.2) is 18.6 Å². The average molecular weight is 239 g/mol. The van der Waals surface area contributed by atoms with Crippen LogP contribution >= 0.6 is 0 Å². The fourth-order valence-electron chi connectivity index (χ4n) is 1.35. The second-order valence-electron chi connectivity index (χ2n) is 3.87. The van der Waals surface area contributed by atoms with Gasteiger partial charge in [0.25, 0.3) is 5.91 Å². The monoisotopic (exact) mass is 239 g/mol. The van der Waals surface area contributed by atoms with Crippen molar-refractivity contribution in [1.29, 1.82) is 0 Å². The maximum atomic E-state index is 11.4. The van der Waals surface area contributed by atoms with Crippen molar-refractivity contribution in [2.24, 2.45) is 7.05 Å². The molecular formula is C12H19N2O3+. The van der Waals surface area contributed by atoms with E-state index in [1.165, 1.54) is 6.07 Å². The smallest absolute Gasteiger partial charge is 0.257 e. The Labute approximate surface area is 101 Å². The van der Waals surface area contributed by atoms with Crippen LogP contribution in [0, 0.1) is 6.92 Å². The Kier molecular flexibility index (Phi) is 4.75. The summed E-state index contributed by atoms with van der Waals surface area (Å²) in [4.78, 5) is 11.4. The van der Waals surface area contributed by atoms with Gasteiger partial charge >= 0.3 is 0 Å². The highest BCUT2D eigenvalue weighted by Crippen LogP contribution is 2.26. The Balaban J connectivity index is 2.63. The lowest BCUT2D eigenvalue weighted by Gasteiger charge is -2.09. The molecule has 0 aliphatic heterocycles. The van der Waals surface area contributed by atoms with E-state index in [4.69, 9.17) is 4.74 Å². The lowest BCUT2D eigenvalue weighted by molar-refractivity contribution is -0.678. The number of aryl methyl sites for hydroxylation is 1. The van der Waals surface area contributed by atoms with Crippen LogP contribution in [0.2, 0.25) is 0 Å². The Morgan fingerprint density at radius 1 is 1.59 bits per heavy atom. The Morgan fingerprint density at radius 2 is 2.29 bits per heavy atom. The number of ether oxygens (including phenoxy) is 1. The van der Waals surface area contributed by atoms with Gasteiger partial charge in [-0.05, 0) is 6.42 Å². The summed E-state index contributed by atoms with van der Waals surface area (Å²) in [6.07, 6.45) is 2.62. The molecule has 0 aromatic carbocycles. The number of hydrogen-bond acceptors (Lipinski definition) is 3. The molecule has 5 heteroatoms. The fourth-order valence-corrected chi connectivity index (χ4v) is 1.35. The molecule has 0 fully saturated rings. The highest BCUT2D eigenvalue weighted by molar-refractivity contribution is 5.77. The molecule has 0 saturated carbocycles. The first-order valence-corrected chi connectivity index (χ1v) is 5.64. The number of carbonyl (C=O) groups excluding carboxylic acids is 1. The summed E-state index contributed by atoms with van der Waals surface area (Å²) in [7, 11) is 1.85. The largest absolute Gasteiger partial charge is 0.504 e. The van der Waals surface area contributed by atoms with Crippen molar-refractivity contribution in [3.8, 4) is 11.5 Å². The minimum absolute atomic E-state index is 0.0453. The van der Waals surface area contributed by atoms with Gasteiger partial charge in [0.05, 0.1) is 0 Å². The van der Waals surface area contributed by atoms with Crippen LogP contribution in [-0.4, -0.2) is 24.2 Å². The topological polar surface area (TPSA) is 62.4 Å². The molecule has 1 amide bonds.